The fraction of sp³-hybridized carbons (Fsp3) is 0.393. The number of hydrogen-bond donors (Lipinski definition) is 0. The molecule has 4 atom stereocenters. The molecule has 192 valence electrons. The van der Waals surface area contributed by atoms with Gasteiger partial charge in [-0.3, -0.25) is 0 Å². The van der Waals surface area contributed by atoms with Gasteiger partial charge in [0, 0.05) is 18.0 Å². The summed E-state index contributed by atoms with van der Waals surface area (Å²) in [6.45, 7) is 5.83. The molecule has 3 rings (SSSR count). The Labute approximate surface area is 209 Å². The third-order valence-corrected chi connectivity index (χ3v) is 5.91. The molecule has 0 aliphatic heterocycles. The molecule has 1 aromatic heterocycles. The van der Waals surface area contributed by atoms with Crippen LogP contribution in [-0.2, 0) is 4.79 Å². The average molecular weight is 501 g/mol. The number of carbonyl (C=O) groups is 1. The first-order chi connectivity index (χ1) is 17.2. The topological polar surface area (TPSA) is 61.3 Å². The van der Waals surface area contributed by atoms with Crippen LogP contribution < -0.4 is 9.47 Å². The second-order valence-corrected chi connectivity index (χ2v) is 8.82. The SMILES string of the molecule is CCCC(Oc1ccccc1-c1ncc(-c2ccc(OC(=O)C(C)(F)CC)cc2)cn1)C(F)C(C)F. The van der Waals surface area contributed by atoms with Gasteiger partial charge in [-0.25, -0.2) is 27.9 Å². The Morgan fingerprint density at radius 1 is 1.00 bits per heavy atom. The molecule has 0 aliphatic carbocycles. The third-order valence-electron chi connectivity index (χ3n) is 5.91. The zero-order valence-corrected chi connectivity index (χ0v) is 20.9. The molecular weight excluding hydrogens is 469 g/mol. The second kappa shape index (κ2) is 12.0. The maximum Gasteiger partial charge on any atom is 0.348 e. The molecule has 0 amide bonds. The van der Waals surface area contributed by atoms with Crippen LogP contribution in [0.25, 0.3) is 22.5 Å². The van der Waals surface area contributed by atoms with Gasteiger partial charge in [0.25, 0.3) is 0 Å². The van der Waals surface area contributed by atoms with Crippen molar-refractivity contribution in [2.24, 2.45) is 0 Å². The number of ether oxygens (including phenoxy) is 2. The number of aromatic nitrogens is 2. The van der Waals surface area contributed by atoms with Crippen molar-refractivity contribution in [1.29, 1.82) is 0 Å². The molecule has 0 radical (unpaired) electrons. The highest BCUT2D eigenvalue weighted by atomic mass is 19.2. The molecule has 0 fully saturated rings. The van der Waals surface area contributed by atoms with Crippen molar-refractivity contribution >= 4 is 5.97 Å². The number of esters is 1. The van der Waals surface area contributed by atoms with Crippen LogP contribution >= 0.6 is 0 Å². The van der Waals surface area contributed by atoms with Gasteiger partial charge in [0.1, 0.15) is 23.8 Å². The summed E-state index contributed by atoms with van der Waals surface area (Å²) in [5.74, 6) is 0.0541. The Morgan fingerprint density at radius 3 is 2.22 bits per heavy atom. The third kappa shape index (κ3) is 6.62. The van der Waals surface area contributed by atoms with Crippen LogP contribution in [0.3, 0.4) is 0 Å². The Balaban J connectivity index is 1.78. The minimum absolute atomic E-state index is 0.0182. The van der Waals surface area contributed by atoms with E-state index in [-0.39, 0.29) is 12.2 Å². The molecule has 0 N–H and O–H groups in total. The maximum atomic E-state index is 14.4. The molecule has 36 heavy (non-hydrogen) atoms. The zero-order chi connectivity index (χ0) is 26.3. The first-order valence-electron chi connectivity index (χ1n) is 12.0. The van der Waals surface area contributed by atoms with E-state index in [9.17, 15) is 18.0 Å². The Bertz CT molecular complexity index is 1140. The standard InChI is InChI=1S/C28H31F3N2O3/c1-5-9-24(25(30)18(3)29)36-23-11-8-7-10-22(23)26-32-16-20(17-33-26)19-12-14-21(15-13-19)35-27(34)28(4,31)6-2/h7-8,10-18,24-25H,5-6,9H2,1-4H3. The largest absolute Gasteiger partial charge is 0.487 e. The van der Waals surface area contributed by atoms with Crippen molar-refractivity contribution in [3.63, 3.8) is 0 Å². The van der Waals surface area contributed by atoms with Crippen molar-refractivity contribution in [1.82, 2.24) is 9.97 Å². The number of para-hydroxylation sites is 1. The molecule has 2 aromatic carbocycles. The van der Waals surface area contributed by atoms with Crippen LogP contribution in [0, 0.1) is 0 Å². The highest BCUT2D eigenvalue weighted by Gasteiger charge is 2.33. The number of benzene rings is 2. The molecule has 4 unspecified atom stereocenters. The molecule has 0 aliphatic rings. The zero-order valence-electron chi connectivity index (χ0n) is 20.9. The van der Waals surface area contributed by atoms with Crippen LogP contribution in [0.4, 0.5) is 13.2 Å². The van der Waals surface area contributed by atoms with Gasteiger partial charge in [0.05, 0.1) is 5.56 Å². The number of rotatable bonds is 11. The summed E-state index contributed by atoms with van der Waals surface area (Å²) in [6, 6.07) is 13.6. The Morgan fingerprint density at radius 2 is 1.64 bits per heavy atom. The van der Waals surface area contributed by atoms with E-state index in [0.717, 1.165) is 5.56 Å². The van der Waals surface area contributed by atoms with E-state index in [0.29, 0.717) is 35.5 Å². The lowest BCUT2D eigenvalue weighted by Crippen LogP contribution is -2.34. The minimum Gasteiger partial charge on any atom is -0.487 e. The average Bonchev–Trinajstić information content (AvgIpc) is 2.88. The van der Waals surface area contributed by atoms with Gasteiger partial charge in [-0.05, 0) is 56.5 Å². The van der Waals surface area contributed by atoms with E-state index in [2.05, 4.69) is 9.97 Å². The molecule has 1 heterocycles. The van der Waals surface area contributed by atoms with Crippen molar-refractivity contribution in [3.8, 4) is 34.0 Å². The van der Waals surface area contributed by atoms with E-state index in [1.807, 2.05) is 6.92 Å². The predicted octanol–water partition coefficient (Wildman–Crippen LogP) is 7.10. The van der Waals surface area contributed by atoms with Crippen molar-refractivity contribution in [2.75, 3.05) is 0 Å². The van der Waals surface area contributed by atoms with Crippen LogP contribution in [0.1, 0.15) is 47.0 Å². The van der Waals surface area contributed by atoms with Crippen LogP contribution in [0.5, 0.6) is 11.5 Å². The summed E-state index contributed by atoms with van der Waals surface area (Å²) in [6.07, 6.45) is -0.0222. The van der Waals surface area contributed by atoms with Gasteiger partial charge in [0.2, 0.25) is 5.67 Å². The van der Waals surface area contributed by atoms with E-state index in [1.54, 1.807) is 67.8 Å². The molecule has 0 saturated heterocycles. The van der Waals surface area contributed by atoms with Gasteiger partial charge in [-0.2, -0.15) is 0 Å². The highest BCUT2D eigenvalue weighted by molar-refractivity contribution is 5.81. The number of alkyl halides is 3. The molecule has 0 saturated carbocycles. The molecular formula is C28H31F3N2O3. The molecule has 0 spiro atoms. The monoisotopic (exact) mass is 500 g/mol. The lowest BCUT2D eigenvalue weighted by molar-refractivity contribution is -0.146. The van der Waals surface area contributed by atoms with Crippen LogP contribution in [0.15, 0.2) is 60.9 Å². The molecule has 0 bridgehead atoms. The summed E-state index contributed by atoms with van der Waals surface area (Å²) in [4.78, 5) is 20.8. The first-order valence-corrected chi connectivity index (χ1v) is 12.0. The van der Waals surface area contributed by atoms with E-state index < -0.39 is 30.1 Å². The summed E-state index contributed by atoms with van der Waals surface area (Å²) >= 11 is 0. The summed E-state index contributed by atoms with van der Waals surface area (Å²) < 4.78 is 53.2. The van der Waals surface area contributed by atoms with Gasteiger partial charge in [-0.15, -0.1) is 0 Å². The number of nitrogens with zero attached hydrogens (tertiary/aromatic N) is 2. The fourth-order valence-electron chi connectivity index (χ4n) is 3.47. The first kappa shape index (κ1) is 27.2. The Hall–Kier alpha value is -3.42. The Kier molecular flexibility index (Phi) is 9.07. The van der Waals surface area contributed by atoms with Crippen LogP contribution in [-0.4, -0.2) is 40.1 Å². The normalized spacial score (nSPS) is 15.4. The van der Waals surface area contributed by atoms with E-state index in [4.69, 9.17) is 9.47 Å². The van der Waals surface area contributed by atoms with E-state index >= 15 is 0 Å². The molecule has 3 aromatic rings. The minimum atomic E-state index is -2.05. The predicted molar refractivity (Wildman–Crippen MR) is 133 cm³/mol. The number of hydrogen-bond acceptors (Lipinski definition) is 5. The fourth-order valence-corrected chi connectivity index (χ4v) is 3.47. The van der Waals surface area contributed by atoms with Crippen molar-refractivity contribution in [2.45, 2.75) is 71.1 Å². The summed E-state index contributed by atoms with van der Waals surface area (Å²) in [7, 11) is 0. The van der Waals surface area contributed by atoms with Gasteiger partial charge >= 0.3 is 5.97 Å². The van der Waals surface area contributed by atoms with Crippen LogP contribution in [0.2, 0.25) is 0 Å². The quantitative estimate of drug-likeness (QED) is 0.208. The summed E-state index contributed by atoms with van der Waals surface area (Å²) in [5, 5.41) is 0. The van der Waals surface area contributed by atoms with Crippen molar-refractivity contribution in [3.05, 3.63) is 60.9 Å². The van der Waals surface area contributed by atoms with Crippen molar-refractivity contribution < 1.29 is 27.4 Å². The summed E-state index contributed by atoms with van der Waals surface area (Å²) in [5.41, 5.74) is -0.00695. The van der Waals surface area contributed by atoms with E-state index in [1.165, 1.54) is 13.8 Å². The lowest BCUT2D eigenvalue weighted by atomic mass is 10.1. The molecule has 5 nitrogen and oxygen atoms in total. The van der Waals surface area contributed by atoms with Gasteiger partial charge in [-0.1, -0.05) is 44.5 Å². The number of carbonyl (C=O) groups excluding carboxylic acids is 1. The molecule has 8 heteroatoms. The number of halogens is 3. The smallest absolute Gasteiger partial charge is 0.348 e. The lowest BCUT2D eigenvalue weighted by Gasteiger charge is -2.24. The second-order valence-electron chi connectivity index (χ2n) is 8.82. The van der Waals surface area contributed by atoms with Gasteiger partial charge < -0.3 is 9.47 Å². The maximum absolute atomic E-state index is 14.4. The highest BCUT2D eigenvalue weighted by Crippen LogP contribution is 2.31. The van der Waals surface area contributed by atoms with Gasteiger partial charge in [0.15, 0.2) is 12.0 Å².